The number of guanidine groups is 1. The molecule has 0 unspecified atom stereocenters. The molecular weight excluding hydrogens is 355 g/mol. The number of aromatic nitrogens is 1. The largest absolute Gasteiger partial charge is 0.496 e. The number of ether oxygens (including phenoxy) is 1. The highest BCUT2D eigenvalue weighted by atomic mass is 127. The highest BCUT2D eigenvalue weighted by molar-refractivity contribution is 14.0. The van der Waals surface area contributed by atoms with Crippen molar-refractivity contribution in [3.63, 3.8) is 0 Å². The van der Waals surface area contributed by atoms with E-state index >= 15 is 0 Å². The van der Waals surface area contributed by atoms with E-state index in [4.69, 9.17) is 4.74 Å². The lowest BCUT2D eigenvalue weighted by atomic mass is 10.1. The third-order valence-electron chi connectivity index (χ3n) is 3.07. The fourth-order valence-corrected chi connectivity index (χ4v) is 2.07. The second kappa shape index (κ2) is 7.52. The molecule has 1 aromatic heterocycles. The average molecular weight is 376 g/mol. The number of hydrogen-bond donors (Lipinski definition) is 2. The Hall–Kier alpha value is -1.05. The van der Waals surface area contributed by atoms with Crippen LogP contribution in [0.1, 0.15) is 23.2 Å². The van der Waals surface area contributed by atoms with E-state index < -0.39 is 0 Å². The number of aryl methyl sites for hydroxylation is 1. The maximum atomic E-state index is 5.39. The molecule has 2 rings (SSSR count). The topological polar surface area (TPSA) is 58.5 Å². The smallest absolute Gasteiger partial charge is 0.191 e. The van der Waals surface area contributed by atoms with E-state index in [0.29, 0.717) is 6.54 Å². The molecule has 0 saturated heterocycles. The fourth-order valence-electron chi connectivity index (χ4n) is 2.07. The van der Waals surface area contributed by atoms with Gasteiger partial charge in [-0.1, -0.05) is 0 Å². The van der Waals surface area contributed by atoms with Gasteiger partial charge in [0.25, 0.3) is 0 Å². The second-order valence-electron chi connectivity index (χ2n) is 4.41. The lowest BCUT2D eigenvalue weighted by Crippen LogP contribution is -2.40. The number of pyridine rings is 1. The molecule has 0 radical (unpaired) electrons. The molecule has 5 nitrogen and oxygen atoms in total. The molecule has 0 aromatic carbocycles. The summed E-state index contributed by atoms with van der Waals surface area (Å²) < 4.78 is 5.39. The summed E-state index contributed by atoms with van der Waals surface area (Å²) in [5.41, 5.74) is 3.14. The molecule has 2 N–H and O–H groups in total. The predicted octanol–water partition coefficient (Wildman–Crippen LogP) is 1.76. The molecule has 2 heterocycles. The van der Waals surface area contributed by atoms with E-state index in [1.54, 1.807) is 7.11 Å². The Morgan fingerprint density at radius 1 is 1.42 bits per heavy atom. The highest BCUT2D eigenvalue weighted by Gasteiger charge is 2.10. The molecule has 0 saturated carbocycles. The van der Waals surface area contributed by atoms with Crippen molar-refractivity contribution in [2.75, 3.05) is 20.2 Å². The Balaban J connectivity index is 0.00000180. The van der Waals surface area contributed by atoms with Crippen LogP contribution in [0.3, 0.4) is 0 Å². The van der Waals surface area contributed by atoms with Crippen molar-refractivity contribution < 1.29 is 4.74 Å². The number of nitrogens with zero attached hydrogens (tertiary/aromatic N) is 2. The van der Waals surface area contributed by atoms with Gasteiger partial charge in [0.05, 0.1) is 19.3 Å². The van der Waals surface area contributed by atoms with Crippen molar-refractivity contribution in [1.29, 1.82) is 0 Å². The summed E-state index contributed by atoms with van der Waals surface area (Å²) in [5.74, 6) is 1.78. The first-order valence-electron chi connectivity index (χ1n) is 6.23. The summed E-state index contributed by atoms with van der Waals surface area (Å²) >= 11 is 0. The molecule has 1 aromatic rings. The standard InChI is InChI=1S/C13H20N4O.HI/c1-9-7-16-11(10(2)12(9)18-3)8-17-13-14-5-4-6-15-13;/h7H,4-6,8H2,1-3H3,(H2,14,15,17);1H. The molecular formula is C13H21IN4O. The van der Waals surface area contributed by atoms with Crippen molar-refractivity contribution in [1.82, 2.24) is 15.6 Å². The normalized spacial score (nSPS) is 13.9. The lowest BCUT2D eigenvalue weighted by Gasteiger charge is -2.17. The van der Waals surface area contributed by atoms with E-state index in [0.717, 1.165) is 48.0 Å². The Bertz CT molecular complexity index is 462. The van der Waals surface area contributed by atoms with Crippen molar-refractivity contribution in [2.45, 2.75) is 26.8 Å². The molecule has 0 aliphatic carbocycles. The first kappa shape index (κ1) is 16.0. The molecule has 0 bridgehead atoms. The van der Waals surface area contributed by atoms with Gasteiger partial charge in [-0.2, -0.15) is 0 Å². The molecule has 1 aliphatic heterocycles. The van der Waals surface area contributed by atoms with Gasteiger partial charge in [0.15, 0.2) is 5.96 Å². The highest BCUT2D eigenvalue weighted by Crippen LogP contribution is 2.23. The minimum atomic E-state index is 0. The van der Waals surface area contributed by atoms with Crippen LogP contribution in [0.5, 0.6) is 5.75 Å². The SMILES string of the molecule is COc1c(C)cnc(CNC2=NCCCN2)c1C.I. The van der Waals surface area contributed by atoms with Crippen molar-refractivity contribution in [3.8, 4) is 5.75 Å². The summed E-state index contributed by atoms with van der Waals surface area (Å²) in [4.78, 5) is 8.82. The number of nitrogens with one attached hydrogen (secondary N) is 2. The molecule has 0 fully saturated rings. The first-order valence-corrected chi connectivity index (χ1v) is 6.23. The number of hydrogen-bond acceptors (Lipinski definition) is 5. The van der Waals surface area contributed by atoms with Crippen LogP contribution in [0, 0.1) is 13.8 Å². The Morgan fingerprint density at radius 2 is 2.21 bits per heavy atom. The zero-order valence-electron chi connectivity index (χ0n) is 11.6. The maximum Gasteiger partial charge on any atom is 0.191 e. The van der Waals surface area contributed by atoms with Crippen LogP contribution in [0.2, 0.25) is 0 Å². The third-order valence-corrected chi connectivity index (χ3v) is 3.07. The van der Waals surface area contributed by atoms with Crippen LogP contribution < -0.4 is 15.4 Å². The Kier molecular flexibility index (Phi) is 6.33. The molecule has 0 spiro atoms. The number of halogens is 1. The molecule has 106 valence electrons. The number of methoxy groups -OCH3 is 1. The lowest BCUT2D eigenvalue weighted by molar-refractivity contribution is 0.406. The van der Waals surface area contributed by atoms with Gasteiger partial charge in [0.1, 0.15) is 5.75 Å². The van der Waals surface area contributed by atoms with Crippen molar-refractivity contribution >= 4 is 29.9 Å². The summed E-state index contributed by atoms with van der Waals surface area (Å²) in [5, 5.41) is 6.50. The Labute approximate surface area is 131 Å². The third kappa shape index (κ3) is 3.95. The zero-order chi connectivity index (χ0) is 13.0. The molecule has 6 heteroatoms. The molecule has 1 aliphatic rings. The number of aliphatic imine (C=N–C) groups is 1. The molecule has 0 amide bonds. The van der Waals surface area contributed by atoms with Gasteiger partial charge in [0.2, 0.25) is 0 Å². The van der Waals surface area contributed by atoms with Crippen molar-refractivity contribution in [2.24, 2.45) is 4.99 Å². The second-order valence-corrected chi connectivity index (χ2v) is 4.41. The van der Waals surface area contributed by atoms with Crippen LogP contribution in [0.4, 0.5) is 0 Å². The van der Waals surface area contributed by atoms with Crippen LogP contribution in [-0.2, 0) is 6.54 Å². The van der Waals surface area contributed by atoms with Crippen LogP contribution >= 0.6 is 24.0 Å². The monoisotopic (exact) mass is 376 g/mol. The quantitative estimate of drug-likeness (QED) is 0.790. The van der Waals surface area contributed by atoms with Gasteiger partial charge in [-0.3, -0.25) is 9.98 Å². The van der Waals surface area contributed by atoms with E-state index in [1.807, 2.05) is 20.0 Å². The van der Waals surface area contributed by atoms with Gasteiger partial charge < -0.3 is 15.4 Å². The van der Waals surface area contributed by atoms with Gasteiger partial charge >= 0.3 is 0 Å². The van der Waals surface area contributed by atoms with Gasteiger partial charge in [-0.25, -0.2) is 0 Å². The number of rotatable bonds is 3. The van der Waals surface area contributed by atoms with Gasteiger partial charge in [-0.05, 0) is 20.3 Å². The van der Waals surface area contributed by atoms with Crippen molar-refractivity contribution in [3.05, 3.63) is 23.0 Å². The van der Waals surface area contributed by atoms with E-state index in [2.05, 4.69) is 20.6 Å². The summed E-state index contributed by atoms with van der Waals surface area (Å²) in [6.07, 6.45) is 2.94. The minimum Gasteiger partial charge on any atom is -0.496 e. The summed E-state index contributed by atoms with van der Waals surface area (Å²) in [6.45, 7) is 6.57. The maximum absolute atomic E-state index is 5.39. The molecule has 0 atom stereocenters. The van der Waals surface area contributed by atoms with Gasteiger partial charge in [-0.15, -0.1) is 24.0 Å². The summed E-state index contributed by atoms with van der Waals surface area (Å²) in [7, 11) is 1.69. The molecule has 19 heavy (non-hydrogen) atoms. The summed E-state index contributed by atoms with van der Waals surface area (Å²) in [6, 6.07) is 0. The minimum absolute atomic E-state index is 0. The van der Waals surface area contributed by atoms with E-state index in [-0.39, 0.29) is 24.0 Å². The Morgan fingerprint density at radius 3 is 2.84 bits per heavy atom. The van der Waals surface area contributed by atoms with E-state index in [9.17, 15) is 0 Å². The average Bonchev–Trinajstić information content (AvgIpc) is 2.40. The first-order chi connectivity index (χ1) is 8.72. The van der Waals surface area contributed by atoms with Crippen LogP contribution in [-0.4, -0.2) is 31.1 Å². The zero-order valence-corrected chi connectivity index (χ0v) is 13.9. The van der Waals surface area contributed by atoms with E-state index in [1.165, 1.54) is 0 Å². The predicted molar refractivity (Wildman–Crippen MR) is 87.4 cm³/mol. The fraction of sp³-hybridized carbons (Fsp3) is 0.538. The van der Waals surface area contributed by atoms with Crippen LogP contribution in [0.15, 0.2) is 11.2 Å². The van der Waals surface area contributed by atoms with Crippen LogP contribution in [0.25, 0.3) is 0 Å². The van der Waals surface area contributed by atoms with Gasteiger partial charge in [0, 0.05) is 30.4 Å².